The molecule has 6 nitrogen and oxygen atoms in total. The van der Waals surface area contributed by atoms with E-state index >= 15 is 0 Å². The molecule has 0 amide bonds. The third-order valence-electron chi connectivity index (χ3n) is 5.64. The highest BCUT2D eigenvalue weighted by molar-refractivity contribution is 7.89. The summed E-state index contributed by atoms with van der Waals surface area (Å²) in [6.45, 7) is 1.97. The minimum absolute atomic E-state index is 0.193. The number of sulfonamides is 1. The zero-order chi connectivity index (χ0) is 23.6. The summed E-state index contributed by atoms with van der Waals surface area (Å²) in [7, 11) is -0.811. The summed E-state index contributed by atoms with van der Waals surface area (Å²) in [6, 6.07) is 16.7. The van der Waals surface area contributed by atoms with Crippen LogP contribution in [0.2, 0.25) is 0 Å². The van der Waals surface area contributed by atoms with Crippen LogP contribution >= 0.6 is 11.3 Å². The summed E-state index contributed by atoms with van der Waals surface area (Å²) < 4.78 is 37.4. The largest absolute Gasteiger partial charge is 0.497 e. The lowest BCUT2D eigenvalue weighted by Crippen LogP contribution is -2.41. The van der Waals surface area contributed by atoms with Gasteiger partial charge in [0.05, 0.1) is 25.7 Å². The fourth-order valence-corrected chi connectivity index (χ4v) is 7.20. The second-order valence-electron chi connectivity index (χ2n) is 7.62. The number of benzene rings is 2. The predicted octanol–water partition coefficient (Wildman–Crippen LogP) is 5.05. The van der Waals surface area contributed by atoms with Gasteiger partial charge in [0, 0.05) is 9.75 Å². The Labute approximate surface area is 198 Å². The molecule has 0 aliphatic carbocycles. The second-order valence-corrected chi connectivity index (χ2v) is 10.6. The molecule has 33 heavy (non-hydrogen) atoms. The smallest absolute Gasteiger partial charge is 0.324 e. The third-order valence-corrected chi connectivity index (χ3v) is 8.86. The van der Waals surface area contributed by atoms with E-state index in [1.165, 1.54) is 22.8 Å². The molecular formula is C25H25NO5S2. The summed E-state index contributed by atoms with van der Waals surface area (Å²) in [5.74, 6) is 0.287. The van der Waals surface area contributed by atoms with Gasteiger partial charge in [-0.3, -0.25) is 4.79 Å². The highest BCUT2D eigenvalue weighted by Gasteiger charge is 2.43. The Morgan fingerprint density at radius 3 is 2.18 bits per heavy atom. The van der Waals surface area contributed by atoms with E-state index in [-0.39, 0.29) is 11.4 Å². The molecule has 172 valence electrons. The van der Waals surface area contributed by atoms with Crippen LogP contribution in [-0.2, 0) is 26.1 Å². The number of methoxy groups -OCH3 is 2. The maximum Gasteiger partial charge on any atom is 0.324 e. The first-order valence-corrected chi connectivity index (χ1v) is 12.8. The highest BCUT2D eigenvalue weighted by Crippen LogP contribution is 2.42. The van der Waals surface area contributed by atoms with Crippen molar-refractivity contribution in [3.8, 4) is 16.2 Å². The van der Waals surface area contributed by atoms with Crippen LogP contribution in [0.4, 0.5) is 0 Å². The number of ether oxygens (including phenoxy) is 2. The lowest BCUT2D eigenvalue weighted by Gasteiger charge is -2.22. The molecule has 0 saturated heterocycles. The molecule has 1 aromatic heterocycles. The molecule has 0 radical (unpaired) electrons. The number of esters is 1. The Morgan fingerprint density at radius 2 is 1.67 bits per heavy atom. The van der Waals surface area contributed by atoms with Gasteiger partial charge in [-0.25, -0.2) is 8.42 Å². The first-order chi connectivity index (χ1) is 15.9. The van der Waals surface area contributed by atoms with Crippen molar-refractivity contribution in [3.05, 3.63) is 70.6 Å². The van der Waals surface area contributed by atoms with E-state index in [4.69, 9.17) is 9.47 Å². The van der Waals surface area contributed by atoms with Crippen LogP contribution in [0.3, 0.4) is 0 Å². The molecular weight excluding hydrogens is 458 g/mol. The number of carbonyl (C=O) groups is 1. The van der Waals surface area contributed by atoms with Crippen LogP contribution in [0.1, 0.15) is 29.3 Å². The van der Waals surface area contributed by atoms with Crippen molar-refractivity contribution in [3.63, 3.8) is 0 Å². The Bertz CT molecular complexity index is 1280. The first-order valence-electron chi connectivity index (χ1n) is 10.5. The van der Waals surface area contributed by atoms with E-state index in [1.54, 1.807) is 20.1 Å². The van der Waals surface area contributed by atoms with Crippen molar-refractivity contribution in [2.24, 2.45) is 0 Å². The number of fused-ring (bicyclic) bond motifs is 1. The quantitative estimate of drug-likeness (QED) is 0.347. The maximum atomic E-state index is 13.1. The normalized spacial score (nSPS) is 16.0. The maximum absolute atomic E-state index is 13.1. The van der Waals surface area contributed by atoms with Gasteiger partial charge in [0.25, 0.3) is 0 Å². The topological polar surface area (TPSA) is 72.9 Å². The fourth-order valence-electron chi connectivity index (χ4n) is 3.80. The molecule has 0 saturated carbocycles. The summed E-state index contributed by atoms with van der Waals surface area (Å²) >= 11 is 1.45. The van der Waals surface area contributed by atoms with Gasteiger partial charge in [-0.2, -0.15) is 4.31 Å². The van der Waals surface area contributed by atoms with E-state index in [2.05, 4.69) is 0 Å². The Morgan fingerprint density at radius 1 is 1.06 bits per heavy atom. The molecule has 1 aliphatic rings. The van der Waals surface area contributed by atoms with E-state index < -0.39 is 22.0 Å². The molecule has 4 rings (SSSR count). The van der Waals surface area contributed by atoms with Crippen molar-refractivity contribution in [1.29, 1.82) is 0 Å². The Kier molecular flexibility index (Phi) is 6.69. The standard InChI is InChI=1S/C25H25NO5S2/c1-4-21(25(27)31-3)26-16-23-24(33(26,28)29)15-22(32-23)19-11-7-17(8-12-19)5-6-18-9-13-20(30-2)14-10-18/h5-15,21H,4,16H2,1-3H3. The molecule has 8 heteroatoms. The van der Waals surface area contributed by atoms with Crippen molar-refractivity contribution in [2.45, 2.75) is 30.8 Å². The molecule has 2 heterocycles. The van der Waals surface area contributed by atoms with Gasteiger partial charge >= 0.3 is 5.97 Å². The van der Waals surface area contributed by atoms with Gasteiger partial charge in [0.2, 0.25) is 10.0 Å². The number of hydrogen-bond acceptors (Lipinski definition) is 6. The number of nitrogens with zero attached hydrogens (tertiary/aromatic N) is 1. The van der Waals surface area contributed by atoms with Crippen LogP contribution in [0.25, 0.3) is 22.6 Å². The number of thiophene rings is 1. The average molecular weight is 484 g/mol. The van der Waals surface area contributed by atoms with Crippen LogP contribution in [-0.4, -0.2) is 39.0 Å². The first kappa shape index (κ1) is 23.2. The van der Waals surface area contributed by atoms with Gasteiger partial charge in [-0.05, 0) is 41.3 Å². The monoisotopic (exact) mass is 483 g/mol. The van der Waals surface area contributed by atoms with Crippen LogP contribution < -0.4 is 4.74 Å². The van der Waals surface area contributed by atoms with E-state index in [1.807, 2.05) is 60.7 Å². The summed E-state index contributed by atoms with van der Waals surface area (Å²) in [5, 5.41) is 0. The van der Waals surface area contributed by atoms with Gasteiger partial charge < -0.3 is 9.47 Å². The minimum Gasteiger partial charge on any atom is -0.497 e. The average Bonchev–Trinajstić information content (AvgIpc) is 3.37. The molecule has 3 aromatic rings. The summed E-state index contributed by atoms with van der Waals surface area (Å²) in [4.78, 5) is 14.0. The molecule has 2 aromatic carbocycles. The molecule has 0 spiro atoms. The van der Waals surface area contributed by atoms with Gasteiger partial charge in [-0.1, -0.05) is 55.5 Å². The van der Waals surface area contributed by atoms with Gasteiger partial charge in [0.15, 0.2) is 0 Å². The van der Waals surface area contributed by atoms with E-state index in [9.17, 15) is 13.2 Å². The lowest BCUT2D eigenvalue weighted by molar-refractivity contribution is -0.145. The highest BCUT2D eigenvalue weighted by atomic mass is 32.2. The van der Waals surface area contributed by atoms with Crippen LogP contribution in [0.5, 0.6) is 5.75 Å². The number of carbonyl (C=O) groups excluding carboxylic acids is 1. The third kappa shape index (κ3) is 4.59. The van der Waals surface area contributed by atoms with E-state index in [0.717, 1.165) is 32.2 Å². The van der Waals surface area contributed by atoms with Crippen LogP contribution in [0, 0.1) is 0 Å². The minimum atomic E-state index is -3.73. The number of rotatable bonds is 7. The van der Waals surface area contributed by atoms with Crippen molar-refractivity contribution in [2.75, 3.05) is 14.2 Å². The molecule has 1 aliphatic heterocycles. The van der Waals surface area contributed by atoms with Crippen LogP contribution in [0.15, 0.2) is 59.5 Å². The van der Waals surface area contributed by atoms with Crippen molar-refractivity contribution >= 4 is 39.5 Å². The molecule has 0 fully saturated rings. The SMILES string of the molecule is CCC(C(=O)OC)N1Cc2sc(-c3ccc(C=Cc4ccc(OC)cc4)cc3)cc2S1(=O)=O. The molecule has 1 atom stereocenters. The summed E-state index contributed by atoms with van der Waals surface area (Å²) in [6.07, 6.45) is 4.42. The summed E-state index contributed by atoms with van der Waals surface area (Å²) in [5.41, 5.74) is 3.07. The number of hydrogen-bond donors (Lipinski definition) is 0. The molecule has 0 N–H and O–H groups in total. The Hall–Kier alpha value is -2.94. The second kappa shape index (κ2) is 9.51. The molecule has 1 unspecified atom stereocenters. The van der Waals surface area contributed by atoms with Crippen molar-refractivity contribution in [1.82, 2.24) is 4.31 Å². The fraction of sp³-hybridized carbons (Fsp3) is 0.240. The zero-order valence-electron chi connectivity index (χ0n) is 18.6. The van der Waals surface area contributed by atoms with Gasteiger partial charge in [0.1, 0.15) is 11.8 Å². The zero-order valence-corrected chi connectivity index (χ0v) is 20.3. The molecule has 0 bridgehead atoms. The predicted molar refractivity (Wildman–Crippen MR) is 131 cm³/mol. The van der Waals surface area contributed by atoms with E-state index in [0.29, 0.717) is 6.42 Å². The Balaban J connectivity index is 1.51. The van der Waals surface area contributed by atoms with Crippen molar-refractivity contribution < 1.29 is 22.7 Å². The lowest BCUT2D eigenvalue weighted by atomic mass is 10.1. The van der Waals surface area contributed by atoms with Gasteiger partial charge in [-0.15, -0.1) is 11.3 Å².